The minimum Gasteiger partial charge on any atom is -0.479 e. The van der Waals surface area contributed by atoms with E-state index in [4.69, 9.17) is 4.74 Å². The number of carboxylic acids is 1. The lowest BCUT2D eigenvalue weighted by atomic mass is 9.91. The molecule has 0 spiro atoms. The lowest BCUT2D eigenvalue weighted by molar-refractivity contribution is -0.154. The minimum absolute atomic E-state index is 0.176. The van der Waals surface area contributed by atoms with Crippen LogP contribution in [0, 0.1) is 5.92 Å². The molecule has 2 unspecified atom stereocenters. The van der Waals surface area contributed by atoms with Crippen molar-refractivity contribution in [2.24, 2.45) is 5.92 Å². The van der Waals surface area contributed by atoms with Crippen LogP contribution in [-0.2, 0) is 9.53 Å². The lowest BCUT2D eigenvalue weighted by Gasteiger charge is -2.23. The predicted octanol–water partition coefficient (Wildman–Crippen LogP) is 3.86. The van der Waals surface area contributed by atoms with E-state index in [0.29, 0.717) is 6.61 Å². The summed E-state index contributed by atoms with van der Waals surface area (Å²) in [5.74, 6) is -0.621. The van der Waals surface area contributed by atoms with Crippen LogP contribution in [0.5, 0.6) is 0 Å². The minimum atomic E-state index is -0.798. The van der Waals surface area contributed by atoms with Gasteiger partial charge >= 0.3 is 5.97 Å². The molecule has 0 amide bonds. The summed E-state index contributed by atoms with van der Waals surface area (Å²) in [5, 5.41) is 9.23. The van der Waals surface area contributed by atoms with E-state index in [2.05, 4.69) is 13.8 Å². The Bertz CT molecular complexity index is 192. The Balaban J connectivity index is 4.30. The smallest absolute Gasteiger partial charge is 0.333 e. The van der Waals surface area contributed by atoms with Gasteiger partial charge in [-0.25, -0.2) is 4.79 Å². The lowest BCUT2D eigenvalue weighted by Crippen LogP contribution is -2.33. The Kier molecular flexibility index (Phi) is 10.2. The van der Waals surface area contributed by atoms with Crippen LogP contribution in [0.1, 0.15) is 65.7 Å². The van der Waals surface area contributed by atoms with Gasteiger partial charge in [-0.1, -0.05) is 46.5 Å². The molecule has 102 valence electrons. The Labute approximate surface area is 106 Å². The van der Waals surface area contributed by atoms with E-state index in [1.807, 2.05) is 6.92 Å². The Hall–Kier alpha value is -0.570. The number of rotatable bonds is 11. The molecule has 0 rings (SSSR count). The SMILES string of the molecule is CCCCCC(CCC)C(OCCC)C(=O)O. The average Bonchev–Trinajstić information content (AvgIpc) is 2.29. The molecule has 1 N–H and O–H groups in total. The first kappa shape index (κ1) is 16.4. The van der Waals surface area contributed by atoms with Gasteiger partial charge in [0.2, 0.25) is 0 Å². The van der Waals surface area contributed by atoms with Gasteiger partial charge in [0.1, 0.15) is 0 Å². The van der Waals surface area contributed by atoms with Gasteiger partial charge in [0.25, 0.3) is 0 Å². The van der Waals surface area contributed by atoms with Gasteiger partial charge in [-0.05, 0) is 25.2 Å². The van der Waals surface area contributed by atoms with E-state index < -0.39 is 12.1 Å². The molecule has 0 bridgehead atoms. The largest absolute Gasteiger partial charge is 0.479 e. The molecule has 2 atom stereocenters. The Morgan fingerprint density at radius 3 is 2.24 bits per heavy atom. The number of aliphatic carboxylic acids is 1. The number of carbonyl (C=O) groups is 1. The van der Waals surface area contributed by atoms with Gasteiger partial charge in [0.15, 0.2) is 6.10 Å². The monoisotopic (exact) mass is 244 g/mol. The molecule has 0 radical (unpaired) electrons. The fraction of sp³-hybridized carbons (Fsp3) is 0.929. The van der Waals surface area contributed by atoms with Crippen LogP contribution in [0.2, 0.25) is 0 Å². The Morgan fingerprint density at radius 1 is 1.06 bits per heavy atom. The first-order valence-corrected chi connectivity index (χ1v) is 7.01. The molecule has 0 aliphatic carbocycles. The summed E-state index contributed by atoms with van der Waals surface area (Å²) in [6, 6.07) is 0. The van der Waals surface area contributed by atoms with Crippen molar-refractivity contribution in [3.8, 4) is 0 Å². The topological polar surface area (TPSA) is 46.5 Å². The highest BCUT2D eigenvalue weighted by Gasteiger charge is 2.27. The van der Waals surface area contributed by atoms with Crippen molar-refractivity contribution in [1.82, 2.24) is 0 Å². The number of unbranched alkanes of at least 4 members (excludes halogenated alkanes) is 2. The molecule has 0 fully saturated rings. The van der Waals surface area contributed by atoms with E-state index in [9.17, 15) is 9.90 Å². The summed E-state index contributed by atoms with van der Waals surface area (Å²) >= 11 is 0. The molecule has 0 aliphatic heterocycles. The zero-order valence-electron chi connectivity index (χ0n) is 11.6. The van der Waals surface area contributed by atoms with Crippen molar-refractivity contribution in [2.75, 3.05) is 6.61 Å². The first-order valence-electron chi connectivity index (χ1n) is 7.01. The molecule has 0 heterocycles. The van der Waals surface area contributed by atoms with Gasteiger partial charge in [-0.15, -0.1) is 0 Å². The highest BCUT2D eigenvalue weighted by molar-refractivity contribution is 5.72. The summed E-state index contributed by atoms with van der Waals surface area (Å²) in [6.07, 6.45) is 6.68. The van der Waals surface area contributed by atoms with E-state index in [-0.39, 0.29) is 5.92 Å². The number of ether oxygens (including phenoxy) is 1. The quantitative estimate of drug-likeness (QED) is 0.561. The van der Waals surface area contributed by atoms with Crippen LogP contribution < -0.4 is 0 Å². The normalized spacial score (nSPS) is 14.5. The maximum absolute atomic E-state index is 11.2. The third-order valence-electron chi connectivity index (χ3n) is 3.01. The highest BCUT2D eigenvalue weighted by Crippen LogP contribution is 2.22. The van der Waals surface area contributed by atoms with Crippen LogP contribution in [0.15, 0.2) is 0 Å². The maximum atomic E-state index is 11.2. The van der Waals surface area contributed by atoms with Gasteiger partial charge in [-0.2, -0.15) is 0 Å². The molecule has 0 saturated heterocycles. The van der Waals surface area contributed by atoms with Crippen LogP contribution >= 0.6 is 0 Å². The van der Waals surface area contributed by atoms with Crippen molar-refractivity contribution in [1.29, 1.82) is 0 Å². The van der Waals surface area contributed by atoms with E-state index >= 15 is 0 Å². The molecule has 3 heteroatoms. The summed E-state index contributed by atoms with van der Waals surface area (Å²) in [4.78, 5) is 11.2. The van der Waals surface area contributed by atoms with Gasteiger partial charge in [0.05, 0.1) is 0 Å². The van der Waals surface area contributed by atoms with Crippen molar-refractivity contribution in [2.45, 2.75) is 71.8 Å². The molecule has 3 nitrogen and oxygen atoms in total. The summed E-state index contributed by atoms with van der Waals surface area (Å²) in [6.45, 7) is 6.82. The van der Waals surface area contributed by atoms with Crippen molar-refractivity contribution < 1.29 is 14.6 Å². The maximum Gasteiger partial charge on any atom is 0.333 e. The number of hydrogen-bond donors (Lipinski definition) is 1. The van der Waals surface area contributed by atoms with Gasteiger partial charge < -0.3 is 9.84 Å². The predicted molar refractivity (Wildman–Crippen MR) is 70.2 cm³/mol. The van der Waals surface area contributed by atoms with Crippen LogP contribution in [0.3, 0.4) is 0 Å². The zero-order chi connectivity index (χ0) is 13.1. The third kappa shape index (κ3) is 7.37. The van der Waals surface area contributed by atoms with Crippen molar-refractivity contribution >= 4 is 5.97 Å². The molecule has 0 saturated carbocycles. The number of carboxylic acid groups (broad SMARTS) is 1. The third-order valence-corrected chi connectivity index (χ3v) is 3.01. The fourth-order valence-corrected chi connectivity index (χ4v) is 2.13. The second-order valence-electron chi connectivity index (χ2n) is 4.67. The zero-order valence-corrected chi connectivity index (χ0v) is 11.6. The molecular weight excluding hydrogens is 216 g/mol. The first-order chi connectivity index (χ1) is 8.17. The van der Waals surface area contributed by atoms with E-state index in [1.54, 1.807) is 0 Å². The van der Waals surface area contributed by atoms with Crippen molar-refractivity contribution in [3.63, 3.8) is 0 Å². The standard InChI is InChI=1S/C14H28O3/c1-4-7-8-10-12(9-5-2)13(14(15)16)17-11-6-3/h12-13H,4-11H2,1-3H3,(H,15,16). The Morgan fingerprint density at radius 2 is 1.76 bits per heavy atom. The number of hydrogen-bond acceptors (Lipinski definition) is 2. The summed E-state index contributed by atoms with van der Waals surface area (Å²) < 4.78 is 5.50. The molecular formula is C14H28O3. The van der Waals surface area contributed by atoms with Crippen LogP contribution in [0.4, 0.5) is 0 Å². The summed E-state index contributed by atoms with van der Waals surface area (Å²) in [7, 11) is 0. The van der Waals surface area contributed by atoms with E-state index in [1.165, 1.54) is 12.8 Å². The second-order valence-corrected chi connectivity index (χ2v) is 4.67. The molecule has 0 aromatic heterocycles. The van der Waals surface area contributed by atoms with E-state index in [0.717, 1.165) is 32.1 Å². The van der Waals surface area contributed by atoms with Gasteiger partial charge in [-0.3, -0.25) is 0 Å². The molecule has 0 aromatic carbocycles. The van der Waals surface area contributed by atoms with Gasteiger partial charge in [0, 0.05) is 6.61 Å². The average molecular weight is 244 g/mol. The van der Waals surface area contributed by atoms with Crippen molar-refractivity contribution in [3.05, 3.63) is 0 Å². The molecule has 0 aromatic rings. The molecule has 0 aliphatic rings. The highest BCUT2D eigenvalue weighted by atomic mass is 16.5. The summed E-state index contributed by atoms with van der Waals surface area (Å²) in [5.41, 5.74) is 0. The second kappa shape index (κ2) is 10.6. The fourth-order valence-electron chi connectivity index (χ4n) is 2.13. The molecule has 17 heavy (non-hydrogen) atoms. The van der Waals surface area contributed by atoms with Crippen LogP contribution in [0.25, 0.3) is 0 Å². The van der Waals surface area contributed by atoms with Crippen LogP contribution in [-0.4, -0.2) is 23.8 Å².